The zero-order valence-corrected chi connectivity index (χ0v) is 22.9. The highest BCUT2D eigenvalue weighted by atomic mass is 19.4. The molecule has 0 rings (SSSR count). The summed E-state index contributed by atoms with van der Waals surface area (Å²) in [7, 11) is 0. The van der Waals surface area contributed by atoms with E-state index in [1.165, 1.54) is 0 Å². The number of halogens is 29. The van der Waals surface area contributed by atoms with Crippen molar-refractivity contribution < 1.29 is 137 Å². The molecule has 0 aliphatic heterocycles. The molecular weight excluding hydrogens is 823 g/mol. The zero-order valence-electron chi connectivity index (χ0n) is 22.9. The van der Waals surface area contributed by atoms with Gasteiger partial charge in [0.05, 0.1) is 6.61 Å². The van der Waals surface area contributed by atoms with E-state index in [2.05, 4.69) is 11.3 Å². The van der Waals surface area contributed by atoms with Crippen molar-refractivity contribution in [3.8, 4) is 0 Å². The molecule has 0 fully saturated rings. The van der Waals surface area contributed by atoms with Gasteiger partial charge in [-0.2, -0.15) is 127 Å². The molecule has 304 valence electrons. The van der Waals surface area contributed by atoms with Gasteiger partial charge >= 0.3 is 89.1 Å². The minimum Gasteiger partial charge on any atom is -0.463 e. The van der Waals surface area contributed by atoms with Crippen LogP contribution in [0.25, 0.3) is 0 Å². The van der Waals surface area contributed by atoms with Crippen molar-refractivity contribution in [2.45, 2.75) is 96.5 Å². The Morgan fingerprint density at radius 2 is 0.588 bits per heavy atom. The fourth-order valence-electron chi connectivity index (χ4n) is 3.06. The molecule has 0 spiro atoms. The normalized spacial score (nSPS) is 16.4. The number of ether oxygens (including phenoxy) is 1. The number of rotatable bonds is 16. The standard InChI is InChI=1S/C20H9F29O2/c1-3-51-6(50)5(2)4-7(21,22)8(23,24)9(25,26)10(27,28)11(29,30)12(31,32)13(33,34)14(35,36)15(37,38)16(39,40)17(41,42)18(43,44)19(45,46)20(47,48)49/h2-4H2,1H3. The predicted molar refractivity (Wildman–Crippen MR) is 101 cm³/mol. The minimum atomic E-state index is -9.97. The lowest BCUT2D eigenvalue weighted by molar-refractivity contribution is -0.487. The van der Waals surface area contributed by atoms with Gasteiger partial charge in [0.25, 0.3) is 0 Å². The van der Waals surface area contributed by atoms with Crippen molar-refractivity contribution in [3.63, 3.8) is 0 Å². The van der Waals surface area contributed by atoms with Crippen LogP contribution in [-0.2, 0) is 9.53 Å². The van der Waals surface area contributed by atoms with Gasteiger partial charge in [0.1, 0.15) is 0 Å². The molecule has 51 heavy (non-hydrogen) atoms. The highest BCUT2D eigenvalue weighted by molar-refractivity contribution is 5.87. The number of esters is 1. The van der Waals surface area contributed by atoms with E-state index in [4.69, 9.17) is 0 Å². The van der Waals surface area contributed by atoms with Crippen LogP contribution in [0.5, 0.6) is 0 Å². The topological polar surface area (TPSA) is 26.3 Å². The predicted octanol–water partition coefficient (Wildman–Crippen LogP) is 10.3. The van der Waals surface area contributed by atoms with Crippen LogP contribution in [0.15, 0.2) is 12.2 Å². The lowest BCUT2D eigenvalue weighted by Crippen LogP contribution is -2.79. The first-order chi connectivity index (χ1) is 21.6. The molecule has 0 heterocycles. The van der Waals surface area contributed by atoms with E-state index in [0.29, 0.717) is 0 Å². The van der Waals surface area contributed by atoms with Crippen molar-refractivity contribution in [2.75, 3.05) is 6.61 Å². The summed E-state index contributed by atoms with van der Waals surface area (Å²) in [4.78, 5) is 11.2. The molecule has 0 atom stereocenters. The Labute approximate surface area is 259 Å². The molecule has 0 aromatic heterocycles. The van der Waals surface area contributed by atoms with Gasteiger partial charge in [-0.3, -0.25) is 0 Å². The van der Waals surface area contributed by atoms with Crippen molar-refractivity contribution in [2.24, 2.45) is 0 Å². The Kier molecular flexibility index (Phi) is 11.7. The summed E-state index contributed by atoms with van der Waals surface area (Å²) in [6, 6.07) is 0. The average molecular weight is 832 g/mol. The summed E-state index contributed by atoms with van der Waals surface area (Å²) in [5.41, 5.74) is -2.18. The molecule has 0 aliphatic carbocycles. The molecule has 0 saturated carbocycles. The maximum atomic E-state index is 13.9. The van der Waals surface area contributed by atoms with Crippen molar-refractivity contribution in [1.29, 1.82) is 0 Å². The third-order valence-electron chi connectivity index (χ3n) is 6.15. The largest absolute Gasteiger partial charge is 0.463 e. The van der Waals surface area contributed by atoms with Crippen molar-refractivity contribution >= 4 is 5.97 Å². The van der Waals surface area contributed by atoms with E-state index in [9.17, 15) is 132 Å². The fourth-order valence-corrected chi connectivity index (χ4v) is 3.06. The second-order valence-corrected chi connectivity index (χ2v) is 9.60. The van der Waals surface area contributed by atoms with Gasteiger partial charge < -0.3 is 4.74 Å². The number of carbonyl (C=O) groups is 1. The first kappa shape index (κ1) is 48.2. The summed E-state index contributed by atoms with van der Waals surface area (Å²) in [6.45, 7) is 2.06. The van der Waals surface area contributed by atoms with Gasteiger partial charge in [-0.25, -0.2) is 4.79 Å². The second-order valence-electron chi connectivity index (χ2n) is 9.60. The molecule has 0 radical (unpaired) electrons. The Morgan fingerprint density at radius 1 is 0.392 bits per heavy atom. The minimum absolute atomic E-state index is 0.804. The second kappa shape index (κ2) is 12.4. The van der Waals surface area contributed by atoms with Crippen LogP contribution in [0.3, 0.4) is 0 Å². The third kappa shape index (κ3) is 6.05. The van der Waals surface area contributed by atoms with Crippen LogP contribution in [-0.4, -0.2) is 95.7 Å². The highest BCUT2D eigenvalue weighted by Crippen LogP contribution is 2.69. The molecule has 0 saturated heterocycles. The molecule has 0 bridgehead atoms. The SMILES string of the molecule is C=C(CC(F)(F)C(F)(F)C(F)(F)C(F)(F)C(F)(F)C(F)(F)C(F)(F)C(F)(F)C(F)(F)C(F)(F)C(F)(F)C(F)(F)C(F)(F)C(F)(F)F)C(=O)OCC. The first-order valence-electron chi connectivity index (χ1n) is 11.4. The summed E-state index contributed by atoms with van der Waals surface area (Å²) in [6.07, 6.45) is -11.7. The number of hydrogen-bond acceptors (Lipinski definition) is 2. The molecule has 31 heteroatoms. The molecule has 0 N–H and O–H groups in total. The van der Waals surface area contributed by atoms with E-state index in [1.807, 2.05) is 0 Å². The van der Waals surface area contributed by atoms with Crippen LogP contribution in [0.1, 0.15) is 13.3 Å². The highest BCUT2D eigenvalue weighted by Gasteiger charge is 3.00. The Morgan fingerprint density at radius 3 is 0.784 bits per heavy atom. The lowest BCUT2D eigenvalue weighted by atomic mass is 9.83. The molecule has 0 aromatic rings. The van der Waals surface area contributed by atoms with E-state index in [-0.39, 0.29) is 0 Å². The summed E-state index contributed by atoms with van der Waals surface area (Å²) >= 11 is 0. The summed E-state index contributed by atoms with van der Waals surface area (Å²) < 4.78 is 396. The van der Waals surface area contributed by atoms with E-state index in [0.717, 1.165) is 6.92 Å². The van der Waals surface area contributed by atoms with Gasteiger partial charge in [0.2, 0.25) is 0 Å². The third-order valence-corrected chi connectivity index (χ3v) is 6.15. The zero-order chi connectivity index (χ0) is 42.3. The van der Waals surface area contributed by atoms with Crippen LogP contribution in [0, 0.1) is 0 Å². The Balaban J connectivity index is 7.48. The smallest absolute Gasteiger partial charge is 0.460 e. The Hall–Kier alpha value is -2.82. The first-order valence-corrected chi connectivity index (χ1v) is 11.4. The van der Waals surface area contributed by atoms with Crippen LogP contribution < -0.4 is 0 Å². The molecule has 0 aliphatic rings. The number of hydrogen-bond donors (Lipinski definition) is 0. The van der Waals surface area contributed by atoms with Crippen molar-refractivity contribution in [1.82, 2.24) is 0 Å². The quantitative estimate of drug-likeness (QED) is 0.0880. The van der Waals surface area contributed by atoms with Crippen LogP contribution >= 0.6 is 0 Å². The van der Waals surface area contributed by atoms with Crippen LogP contribution in [0.2, 0.25) is 0 Å². The monoisotopic (exact) mass is 832 g/mol. The number of alkyl halides is 29. The van der Waals surface area contributed by atoms with Gasteiger partial charge in [-0.15, -0.1) is 0 Å². The van der Waals surface area contributed by atoms with Gasteiger partial charge in [-0.1, -0.05) is 6.58 Å². The van der Waals surface area contributed by atoms with Gasteiger partial charge in [0.15, 0.2) is 0 Å². The molecule has 0 unspecified atom stereocenters. The molecular formula is C20H9F29O2. The molecule has 2 nitrogen and oxygen atoms in total. The van der Waals surface area contributed by atoms with Gasteiger partial charge in [-0.05, 0) is 6.92 Å². The average Bonchev–Trinajstić information content (AvgIpc) is 2.90. The van der Waals surface area contributed by atoms with Crippen LogP contribution in [0.4, 0.5) is 127 Å². The van der Waals surface area contributed by atoms with Gasteiger partial charge in [0, 0.05) is 12.0 Å². The fraction of sp³-hybridized carbons (Fsp3) is 0.850. The maximum Gasteiger partial charge on any atom is 0.460 e. The lowest BCUT2D eigenvalue weighted by Gasteiger charge is -2.46. The molecule has 0 amide bonds. The van der Waals surface area contributed by atoms with Crippen molar-refractivity contribution in [3.05, 3.63) is 12.2 Å². The van der Waals surface area contributed by atoms with E-state index < -0.39 is 108 Å². The maximum absolute atomic E-state index is 13.9. The number of carbonyl (C=O) groups excluding carboxylic acids is 1. The summed E-state index contributed by atoms with van der Waals surface area (Å²) in [5.74, 6) is -124. The Bertz CT molecular complexity index is 1300. The van der Waals surface area contributed by atoms with E-state index in [1.54, 1.807) is 0 Å². The molecule has 0 aromatic carbocycles. The summed E-state index contributed by atoms with van der Waals surface area (Å²) in [5, 5.41) is 0. The van der Waals surface area contributed by atoms with E-state index >= 15 is 0 Å².